The van der Waals surface area contributed by atoms with Gasteiger partial charge in [0.25, 0.3) is 5.91 Å². The van der Waals surface area contributed by atoms with E-state index in [1.807, 2.05) is 24.3 Å². The number of carbonyl (C=O) groups excluding carboxylic acids is 2. The Hall–Kier alpha value is -2.90. The zero-order valence-electron chi connectivity index (χ0n) is 13.6. The number of hydrogen-bond acceptors (Lipinski definition) is 5. The molecule has 1 aromatic carbocycles. The van der Waals surface area contributed by atoms with E-state index in [4.69, 9.17) is 4.74 Å². The highest BCUT2D eigenvalue weighted by Crippen LogP contribution is 2.20. The minimum Gasteiger partial charge on any atom is -0.497 e. The number of aryl methyl sites for hydroxylation is 2. The van der Waals surface area contributed by atoms with E-state index in [1.165, 1.54) is 9.58 Å². The maximum atomic E-state index is 12.4. The van der Waals surface area contributed by atoms with Crippen LogP contribution < -0.4 is 10.1 Å². The monoisotopic (exact) mass is 329 g/mol. The average molecular weight is 329 g/mol. The number of amides is 3. The van der Waals surface area contributed by atoms with E-state index < -0.39 is 6.04 Å². The van der Waals surface area contributed by atoms with Crippen molar-refractivity contribution in [2.75, 3.05) is 13.7 Å². The van der Waals surface area contributed by atoms with Crippen LogP contribution in [0.25, 0.3) is 0 Å². The Morgan fingerprint density at radius 3 is 2.88 bits per heavy atom. The molecule has 1 atom stereocenters. The molecule has 8 nitrogen and oxygen atoms in total. The Kier molecular flexibility index (Phi) is 4.45. The Morgan fingerprint density at radius 2 is 2.17 bits per heavy atom. The number of hydrogen-bond donors (Lipinski definition) is 1. The van der Waals surface area contributed by atoms with Crippen molar-refractivity contribution in [3.8, 4) is 5.75 Å². The summed E-state index contributed by atoms with van der Waals surface area (Å²) < 4.78 is 6.69. The van der Waals surface area contributed by atoms with Crippen molar-refractivity contribution in [1.82, 2.24) is 25.2 Å². The van der Waals surface area contributed by atoms with Gasteiger partial charge in [-0.05, 0) is 30.5 Å². The van der Waals surface area contributed by atoms with Crippen molar-refractivity contribution < 1.29 is 14.3 Å². The van der Waals surface area contributed by atoms with E-state index in [2.05, 4.69) is 15.6 Å². The molecule has 1 unspecified atom stereocenters. The molecule has 1 saturated heterocycles. The third kappa shape index (κ3) is 3.22. The number of nitrogens with zero attached hydrogens (tertiary/aromatic N) is 4. The number of urea groups is 1. The number of imide groups is 1. The fraction of sp³-hybridized carbons (Fsp3) is 0.375. The fourth-order valence-electron chi connectivity index (χ4n) is 2.70. The third-order valence-corrected chi connectivity index (χ3v) is 3.92. The standard InChI is InChI=1S/C16H19N5O3/c1-20-10-13(18-19-20)14-15(22)21(16(23)17-14)8-4-6-11-5-3-7-12(9-11)24-2/h3,5,7,9-10,14H,4,6,8H2,1-2H3,(H,17,23). The summed E-state index contributed by atoms with van der Waals surface area (Å²) in [6, 6.07) is 6.62. The zero-order valence-corrected chi connectivity index (χ0v) is 13.6. The van der Waals surface area contributed by atoms with E-state index >= 15 is 0 Å². The molecule has 1 aliphatic rings. The summed E-state index contributed by atoms with van der Waals surface area (Å²) in [5.74, 6) is 0.511. The van der Waals surface area contributed by atoms with Gasteiger partial charge in [0.05, 0.1) is 13.3 Å². The highest BCUT2D eigenvalue weighted by atomic mass is 16.5. The van der Waals surface area contributed by atoms with Gasteiger partial charge in [-0.2, -0.15) is 0 Å². The van der Waals surface area contributed by atoms with Crippen LogP contribution in [0, 0.1) is 0 Å². The van der Waals surface area contributed by atoms with Gasteiger partial charge in [-0.25, -0.2) is 4.79 Å². The van der Waals surface area contributed by atoms with E-state index in [0.29, 0.717) is 18.7 Å². The molecule has 24 heavy (non-hydrogen) atoms. The van der Waals surface area contributed by atoms with E-state index in [0.717, 1.165) is 17.7 Å². The lowest BCUT2D eigenvalue weighted by molar-refractivity contribution is -0.127. The maximum absolute atomic E-state index is 12.4. The first kappa shape index (κ1) is 16.0. The molecule has 3 rings (SSSR count). The minimum absolute atomic E-state index is 0.286. The predicted molar refractivity (Wildman–Crippen MR) is 85.3 cm³/mol. The number of ether oxygens (including phenoxy) is 1. The molecule has 2 aromatic rings. The molecule has 0 radical (unpaired) electrons. The molecule has 8 heteroatoms. The van der Waals surface area contributed by atoms with Gasteiger partial charge < -0.3 is 10.1 Å². The lowest BCUT2D eigenvalue weighted by atomic mass is 10.1. The van der Waals surface area contributed by atoms with Gasteiger partial charge in [-0.3, -0.25) is 14.4 Å². The van der Waals surface area contributed by atoms with Crippen LogP contribution in [0.5, 0.6) is 5.75 Å². The van der Waals surface area contributed by atoms with Gasteiger partial charge in [0.15, 0.2) is 6.04 Å². The van der Waals surface area contributed by atoms with Gasteiger partial charge in [0.2, 0.25) is 0 Å². The highest BCUT2D eigenvalue weighted by molar-refractivity contribution is 6.04. The zero-order chi connectivity index (χ0) is 17.1. The Morgan fingerprint density at radius 1 is 1.33 bits per heavy atom. The summed E-state index contributed by atoms with van der Waals surface area (Å²) in [5, 5.41) is 10.3. The van der Waals surface area contributed by atoms with Crippen LogP contribution in [0.2, 0.25) is 0 Å². The molecular formula is C16H19N5O3. The smallest absolute Gasteiger partial charge is 0.325 e. The molecule has 0 bridgehead atoms. The van der Waals surface area contributed by atoms with Gasteiger partial charge in [-0.1, -0.05) is 17.3 Å². The topological polar surface area (TPSA) is 89.3 Å². The largest absolute Gasteiger partial charge is 0.497 e. The molecule has 1 N–H and O–H groups in total. The van der Waals surface area contributed by atoms with Crippen LogP contribution in [0.4, 0.5) is 4.79 Å². The van der Waals surface area contributed by atoms with Crippen molar-refractivity contribution in [1.29, 1.82) is 0 Å². The first-order valence-electron chi connectivity index (χ1n) is 7.69. The molecule has 126 valence electrons. The predicted octanol–water partition coefficient (Wildman–Crippen LogP) is 1.05. The molecule has 3 amide bonds. The molecule has 1 aliphatic heterocycles. The fourth-order valence-corrected chi connectivity index (χ4v) is 2.70. The Labute approximate surface area is 139 Å². The number of aromatic nitrogens is 3. The first-order valence-corrected chi connectivity index (χ1v) is 7.69. The van der Waals surface area contributed by atoms with Crippen molar-refractivity contribution in [3.05, 3.63) is 41.7 Å². The highest BCUT2D eigenvalue weighted by Gasteiger charge is 2.39. The van der Waals surface area contributed by atoms with Gasteiger partial charge >= 0.3 is 6.03 Å². The van der Waals surface area contributed by atoms with Gasteiger partial charge in [0.1, 0.15) is 11.4 Å². The van der Waals surface area contributed by atoms with Gasteiger partial charge in [0, 0.05) is 13.6 Å². The van der Waals surface area contributed by atoms with Crippen molar-refractivity contribution >= 4 is 11.9 Å². The second-order valence-corrected chi connectivity index (χ2v) is 5.64. The Bertz CT molecular complexity index is 758. The second-order valence-electron chi connectivity index (χ2n) is 5.64. The van der Waals surface area contributed by atoms with Crippen LogP contribution in [0.1, 0.15) is 23.7 Å². The normalized spacial score (nSPS) is 17.2. The summed E-state index contributed by atoms with van der Waals surface area (Å²) in [4.78, 5) is 25.7. The van der Waals surface area contributed by atoms with Crippen molar-refractivity contribution in [3.63, 3.8) is 0 Å². The maximum Gasteiger partial charge on any atom is 0.325 e. The number of carbonyl (C=O) groups is 2. The third-order valence-electron chi connectivity index (χ3n) is 3.92. The molecule has 2 heterocycles. The number of methoxy groups -OCH3 is 1. The summed E-state index contributed by atoms with van der Waals surface area (Å²) >= 11 is 0. The second kappa shape index (κ2) is 6.69. The lowest BCUT2D eigenvalue weighted by Gasteiger charge is -2.12. The van der Waals surface area contributed by atoms with Gasteiger partial charge in [-0.15, -0.1) is 5.10 Å². The summed E-state index contributed by atoms with van der Waals surface area (Å²) in [5.41, 5.74) is 1.55. The van der Waals surface area contributed by atoms with Crippen molar-refractivity contribution in [2.45, 2.75) is 18.9 Å². The van der Waals surface area contributed by atoms with Crippen LogP contribution in [0.15, 0.2) is 30.5 Å². The van der Waals surface area contributed by atoms with Crippen LogP contribution in [0.3, 0.4) is 0 Å². The van der Waals surface area contributed by atoms with Crippen LogP contribution >= 0.6 is 0 Å². The lowest BCUT2D eigenvalue weighted by Crippen LogP contribution is -2.32. The van der Waals surface area contributed by atoms with Crippen LogP contribution in [-0.4, -0.2) is 45.5 Å². The summed E-state index contributed by atoms with van der Waals surface area (Å²) in [7, 11) is 3.34. The SMILES string of the molecule is COc1cccc(CCCN2C(=O)NC(c3cn(C)nn3)C2=O)c1. The number of nitrogens with one attached hydrogen (secondary N) is 1. The van der Waals surface area contributed by atoms with Crippen LogP contribution in [-0.2, 0) is 18.3 Å². The minimum atomic E-state index is -0.747. The molecule has 0 aliphatic carbocycles. The van der Waals surface area contributed by atoms with E-state index in [-0.39, 0.29) is 11.9 Å². The number of rotatable bonds is 6. The molecule has 0 saturated carbocycles. The summed E-state index contributed by atoms with van der Waals surface area (Å²) in [6.07, 6.45) is 3.06. The molecule has 1 aromatic heterocycles. The first-order chi connectivity index (χ1) is 11.6. The number of benzene rings is 1. The average Bonchev–Trinajstić information content (AvgIpc) is 3.13. The van der Waals surface area contributed by atoms with E-state index in [1.54, 1.807) is 20.4 Å². The summed E-state index contributed by atoms with van der Waals surface area (Å²) in [6.45, 7) is 0.360. The molecular weight excluding hydrogens is 310 g/mol. The Balaban J connectivity index is 1.59. The molecule has 1 fully saturated rings. The van der Waals surface area contributed by atoms with E-state index in [9.17, 15) is 9.59 Å². The van der Waals surface area contributed by atoms with Crippen molar-refractivity contribution in [2.24, 2.45) is 7.05 Å². The molecule has 0 spiro atoms. The quantitative estimate of drug-likeness (QED) is 0.800.